The highest BCUT2D eigenvalue weighted by molar-refractivity contribution is 8.00. The number of carbonyl (C=O) groups is 2. The van der Waals surface area contributed by atoms with Crippen molar-refractivity contribution in [2.75, 3.05) is 16.8 Å². The Morgan fingerprint density at radius 1 is 1.08 bits per heavy atom. The van der Waals surface area contributed by atoms with E-state index >= 15 is 0 Å². The Morgan fingerprint density at radius 3 is 2.42 bits per heavy atom. The molecule has 0 aliphatic carbocycles. The van der Waals surface area contributed by atoms with Gasteiger partial charge in [-0.05, 0) is 32.0 Å². The van der Waals surface area contributed by atoms with Crippen LogP contribution in [0.4, 0.5) is 5.69 Å². The molecule has 0 aliphatic rings. The average Bonchev–Trinajstić information content (AvgIpc) is 2.51. The normalized spacial score (nSPS) is 10.4. The van der Waals surface area contributed by atoms with Crippen LogP contribution in [0.3, 0.4) is 0 Å². The van der Waals surface area contributed by atoms with Crippen LogP contribution in [-0.4, -0.2) is 33.3 Å². The Bertz CT molecular complexity index is 732. The van der Waals surface area contributed by atoms with Crippen LogP contribution in [0.15, 0.2) is 40.4 Å². The summed E-state index contributed by atoms with van der Waals surface area (Å²) in [4.78, 5) is 32.5. The minimum absolute atomic E-state index is 0.158. The molecule has 8 heteroatoms. The molecule has 1 aromatic heterocycles. The summed E-state index contributed by atoms with van der Waals surface area (Å²) in [6.45, 7) is 3.79. The van der Waals surface area contributed by atoms with E-state index in [4.69, 9.17) is 5.73 Å². The maximum Gasteiger partial charge on any atom is 0.234 e. The Kier molecular flexibility index (Phi) is 6.62. The maximum absolute atomic E-state index is 12.2. The lowest BCUT2D eigenvalue weighted by molar-refractivity contribution is -0.115. The molecule has 0 radical (unpaired) electrons. The first-order chi connectivity index (χ1) is 11.4. The number of nitrogens with two attached hydrogens (primary N) is 1. The van der Waals surface area contributed by atoms with Gasteiger partial charge in [0, 0.05) is 16.3 Å². The number of para-hydroxylation sites is 1. The summed E-state index contributed by atoms with van der Waals surface area (Å²) in [5.41, 5.74) is 7.57. The molecule has 0 spiro atoms. The molecule has 2 amide bonds. The fourth-order valence-electron chi connectivity index (χ4n) is 1.92. The molecule has 3 N–H and O–H groups in total. The summed E-state index contributed by atoms with van der Waals surface area (Å²) in [7, 11) is 0. The predicted molar refractivity (Wildman–Crippen MR) is 97.2 cm³/mol. The summed E-state index contributed by atoms with van der Waals surface area (Å²) in [5, 5.41) is 3.43. The number of aromatic nitrogens is 2. The zero-order valence-electron chi connectivity index (χ0n) is 13.4. The second-order valence-electron chi connectivity index (χ2n) is 5.02. The minimum atomic E-state index is -0.399. The van der Waals surface area contributed by atoms with Crippen LogP contribution in [0.1, 0.15) is 11.4 Å². The molecule has 126 valence electrons. The van der Waals surface area contributed by atoms with Gasteiger partial charge in [-0.2, -0.15) is 0 Å². The first kappa shape index (κ1) is 18.3. The van der Waals surface area contributed by atoms with Crippen molar-refractivity contribution in [1.29, 1.82) is 0 Å². The number of rotatable bonds is 7. The smallest absolute Gasteiger partial charge is 0.234 e. The lowest BCUT2D eigenvalue weighted by Gasteiger charge is -2.10. The number of hydrogen-bond acceptors (Lipinski definition) is 6. The molecule has 1 aromatic carbocycles. The van der Waals surface area contributed by atoms with Crippen LogP contribution >= 0.6 is 23.5 Å². The zero-order valence-corrected chi connectivity index (χ0v) is 15.0. The highest BCUT2D eigenvalue weighted by atomic mass is 32.2. The summed E-state index contributed by atoms with van der Waals surface area (Å²) < 4.78 is 0. The van der Waals surface area contributed by atoms with Crippen molar-refractivity contribution >= 4 is 41.0 Å². The van der Waals surface area contributed by atoms with E-state index < -0.39 is 5.91 Å². The predicted octanol–water partition coefficient (Wildman–Crippen LogP) is 2.40. The number of hydrogen-bond donors (Lipinski definition) is 2. The second kappa shape index (κ2) is 8.70. The van der Waals surface area contributed by atoms with Gasteiger partial charge in [-0.15, -0.1) is 11.8 Å². The van der Waals surface area contributed by atoms with Crippen molar-refractivity contribution in [3.63, 3.8) is 0 Å². The van der Waals surface area contributed by atoms with E-state index in [0.717, 1.165) is 16.3 Å². The minimum Gasteiger partial charge on any atom is -0.369 e. The second-order valence-corrected chi connectivity index (χ2v) is 6.98. The number of nitrogens with zero attached hydrogens (tertiary/aromatic N) is 2. The number of aryl methyl sites for hydroxylation is 2. The van der Waals surface area contributed by atoms with E-state index in [1.165, 1.54) is 23.5 Å². The Morgan fingerprint density at radius 2 is 1.75 bits per heavy atom. The summed E-state index contributed by atoms with van der Waals surface area (Å²) in [6.07, 6.45) is 0. The molecule has 0 bridgehead atoms. The van der Waals surface area contributed by atoms with Gasteiger partial charge < -0.3 is 11.1 Å². The standard InChI is InChI=1S/C16H18N4O2S2/c1-10-7-11(2)19-16(18-10)24-9-15(22)20-12-5-3-4-6-13(12)23-8-14(17)21/h3-7H,8-9H2,1-2H3,(H2,17,21)(H,20,22). The topological polar surface area (TPSA) is 98.0 Å². The van der Waals surface area contributed by atoms with Crippen molar-refractivity contribution < 1.29 is 9.59 Å². The third-order valence-corrected chi connectivity index (χ3v) is 4.77. The summed E-state index contributed by atoms with van der Waals surface area (Å²) in [6, 6.07) is 9.18. The average molecular weight is 362 g/mol. The molecule has 1 heterocycles. The van der Waals surface area contributed by atoms with Gasteiger partial charge in [0.1, 0.15) is 0 Å². The molecular weight excluding hydrogens is 344 g/mol. The molecule has 6 nitrogen and oxygen atoms in total. The monoisotopic (exact) mass is 362 g/mol. The van der Waals surface area contributed by atoms with Gasteiger partial charge in [-0.25, -0.2) is 9.97 Å². The van der Waals surface area contributed by atoms with Gasteiger partial charge in [-0.3, -0.25) is 9.59 Å². The van der Waals surface area contributed by atoms with E-state index in [9.17, 15) is 9.59 Å². The Labute approximate surface area is 149 Å². The van der Waals surface area contributed by atoms with Gasteiger partial charge in [0.05, 0.1) is 17.2 Å². The van der Waals surface area contributed by atoms with E-state index in [0.29, 0.717) is 10.8 Å². The van der Waals surface area contributed by atoms with Crippen molar-refractivity contribution in [2.45, 2.75) is 23.9 Å². The third-order valence-electron chi connectivity index (χ3n) is 2.83. The molecule has 0 atom stereocenters. The SMILES string of the molecule is Cc1cc(C)nc(SCC(=O)Nc2ccccc2SCC(N)=O)n1. The molecule has 0 saturated carbocycles. The van der Waals surface area contributed by atoms with Gasteiger partial charge in [0.15, 0.2) is 5.16 Å². The molecular formula is C16H18N4O2S2. The summed E-state index contributed by atoms with van der Waals surface area (Å²) >= 11 is 2.58. The van der Waals surface area contributed by atoms with Crippen LogP contribution in [-0.2, 0) is 9.59 Å². The van der Waals surface area contributed by atoms with E-state index in [-0.39, 0.29) is 17.4 Å². The van der Waals surface area contributed by atoms with Crippen molar-refractivity contribution in [3.8, 4) is 0 Å². The lowest BCUT2D eigenvalue weighted by Crippen LogP contribution is -2.16. The molecule has 2 aromatic rings. The fourth-order valence-corrected chi connectivity index (χ4v) is 3.42. The number of primary amides is 1. The molecule has 24 heavy (non-hydrogen) atoms. The number of benzene rings is 1. The fraction of sp³-hybridized carbons (Fsp3) is 0.250. The van der Waals surface area contributed by atoms with Crippen molar-refractivity contribution in [3.05, 3.63) is 41.7 Å². The number of thioether (sulfide) groups is 2. The van der Waals surface area contributed by atoms with Gasteiger partial charge in [0.2, 0.25) is 11.8 Å². The van der Waals surface area contributed by atoms with Gasteiger partial charge in [-0.1, -0.05) is 23.9 Å². The first-order valence-electron chi connectivity index (χ1n) is 7.19. The van der Waals surface area contributed by atoms with Gasteiger partial charge >= 0.3 is 0 Å². The molecule has 0 aliphatic heterocycles. The first-order valence-corrected chi connectivity index (χ1v) is 9.16. The molecule has 0 saturated heterocycles. The number of carbonyl (C=O) groups excluding carboxylic acids is 2. The van der Waals surface area contributed by atoms with Crippen LogP contribution < -0.4 is 11.1 Å². The zero-order chi connectivity index (χ0) is 17.5. The maximum atomic E-state index is 12.2. The molecule has 0 fully saturated rings. The number of amides is 2. The van der Waals surface area contributed by atoms with Crippen LogP contribution in [0, 0.1) is 13.8 Å². The van der Waals surface area contributed by atoms with Crippen LogP contribution in [0.25, 0.3) is 0 Å². The van der Waals surface area contributed by atoms with Crippen molar-refractivity contribution in [2.24, 2.45) is 5.73 Å². The number of nitrogens with one attached hydrogen (secondary N) is 1. The Balaban J connectivity index is 1.96. The third kappa shape index (κ3) is 5.86. The Hall–Kier alpha value is -2.06. The largest absolute Gasteiger partial charge is 0.369 e. The van der Waals surface area contributed by atoms with E-state index in [1.54, 1.807) is 6.07 Å². The van der Waals surface area contributed by atoms with Crippen LogP contribution in [0.2, 0.25) is 0 Å². The number of anilines is 1. The van der Waals surface area contributed by atoms with E-state index in [1.807, 2.05) is 38.1 Å². The lowest BCUT2D eigenvalue weighted by atomic mass is 10.3. The van der Waals surface area contributed by atoms with Crippen molar-refractivity contribution in [1.82, 2.24) is 9.97 Å². The quantitative estimate of drug-likeness (QED) is 0.580. The highest BCUT2D eigenvalue weighted by Crippen LogP contribution is 2.27. The summed E-state index contributed by atoms with van der Waals surface area (Å²) in [5.74, 6) is -0.186. The molecule has 2 rings (SSSR count). The van der Waals surface area contributed by atoms with Crippen LogP contribution in [0.5, 0.6) is 0 Å². The van der Waals surface area contributed by atoms with E-state index in [2.05, 4.69) is 15.3 Å². The van der Waals surface area contributed by atoms with Gasteiger partial charge in [0.25, 0.3) is 0 Å². The highest BCUT2D eigenvalue weighted by Gasteiger charge is 2.10. The molecule has 0 unspecified atom stereocenters.